The van der Waals surface area contributed by atoms with Gasteiger partial charge in [0.25, 0.3) is 0 Å². The zero-order valence-corrected chi connectivity index (χ0v) is 21.0. The lowest BCUT2D eigenvalue weighted by atomic mass is 10.0. The van der Waals surface area contributed by atoms with Gasteiger partial charge in [-0.3, -0.25) is 4.90 Å². The molecule has 8 heteroatoms. The second kappa shape index (κ2) is 11.3. The van der Waals surface area contributed by atoms with Crippen molar-refractivity contribution in [3.8, 4) is 17.6 Å². The van der Waals surface area contributed by atoms with Crippen molar-refractivity contribution in [3.05, 3.63) is 59.7 Å². The summed E-state index contributed by atoms with van der Waals surface area (Å²) in [6, 6.07) is 14.3. The third-order valence-electron chi connectivity index (χ3n) is 5.88. The highest BCUT2D eigenvalue weighted by atomic mass is 32.2. The molecule has 0 aliphatic carbocycles. The number of hydrogen-bond acceptors (Lipinski definition) is 6. The van der Waals surface area contributed by atoms with Gasteiger partial charge >= 0.3 is 0 Å². The van der Waals surface area contributed by atoms with Crippen LogP contribution in [-0.2, 0) is 16.6 Å². The van der Waals surface area contributed by atoms with Gasteiger partial charge < -0.3 is 14.9 Å². The highest BCUT2D eigenvalue weighted by Crippen LogP contribution is 2.34. The molecule has 0 radical (unpaired) electrons. The van der Waals surface area contributed by atoms with Gasteiger partial charge in [-0.05, 0) is 44.7 Å². The van der Waals surface area contributed by atoms with Crippen LogP contribution in [0.2, 0.25) is 0 Å². The SMILES string of the molecule is C[C@@H]1CN([C@H](C)CO)S(=O)(=O)c2ccc(C#C[C@@H](C)O)cc2O[C@@H]1CN(C)Cc1ccccc1. The first-order valence-electron chi connectivity index (χ1n) is 11.5. The van der Waals surface area contributed by atoms with Crippen molar-refractivity contribution in [2.45, 2.75) is 50.5 Å². The molecule has 0 spiro atoms. The average molecular weight is 487 g/mol. The molecule has 0 amide bonds. The van der Waals surface area contributed by atoms with Crippen LogP contribution in [-0.4, -0.2) is 72.8 Å². The molecule has 34 heavy (non-hydrogen) atoms. The molecule has 0 unspecified atom stereocenters. The molecule has 0 saturated heterocycles. The van der Waals surface area contributed by atoms with Gasteiger partial charge in [-0.1, -0.05) is 49.1 Å². The highest BCUT2D eigenvalue weighted by Gasteiger charge is 2.38. The van der Waals surface area contributed by atoms with Crippen LogP contribution < -0.4 is 4.74 Å². The largest absolute Gasteiger partial charge is 0.487 e. The zero-order valence-electron chi connectivity index (χ0n) is 20.2. The second-order valence-corrected chi connectivity index (χ2v) is 10.9. The number of hydrogen-bond donors (Lipinski definition) is 2. The third kappa shape index (κ3) is 6.38. The molecule has 0 aromatic heterocycles. The van der Waals surface area contributed by atoms with Crippen molar-refractivity contribution in [1.29, 1.82) is 0 Å². The van der Waals surface area contributed by atoms with Crippen molar-refractivity contribution in [3.63, 3.8) is 0 Å². The second-order valence-electron chi connectivity index (χ2n) is 9.03. The summed E-state index contributed by atoms with van der Waals surface area (Å²) in [5, 5.41) is 19.3. The average Bonchev–Trinajstić information content (AvgIpc) is 2.80. The molecular formula is C26H34N2O5S. The van der Waals surface area contributed by atoms with Gasteiger partial charge in [-0.15, -0.1) is 0 Å². The van der Waals surface area contributed by atoms with Gasteiger partial charge in [0.15, 0.2) is 0 Å². The van der Waals surface area contributed by atoms with Crippen LogP contribution >= 0.6 is 0 Å². The fourth-order valence-corrected chi connectivity index (χ4v) is 5.80. The third-order valence-corrected chi connectivity index (χ3v) is 7.90. The predicted molar refractivity (Wildman–Crippen MR) is 132 cm³/mol. The Balaban J connectivity index is 1.99. The number of rotatable bonds is 6. The minimum atomic E-state index is -3.90. The zero-order chi connectivity index (χ0) is 24.9. The van der Waals surface area contributed by atoms with Gasteiger partial charge in [0, 0.05) is 37.2 Å². The van der Waals surface area contributed by atoms with E-state index in [2.05, 4.69) is 28.9 Å². The monoisotopic (exact) mass is 486 g/mol. The van der Waals surface area contributed by atoms with Crippen molar-refractivity contribution < 1.29 is 23.4 Å². The number of aliphatic hydroxyl groups excluding tert-OH is 2. The van der Waals surface area contributed by atoms with E-state index in [1.54, 1.807) is 26.0 Å². The molecule has 1 aliphatic heterocycles. The number of ether oxygens (including phenoxy) is 1. The first-order valence-corrected chi connectivity index (χ1v) is 12.9. The summed E-state index contributed by atoms with van der Waals surface area (Å²) in [4.78, 5) is 2.21. The Hall–Kier alpha value is -2.41. The molecule has 1 aliphatic rings. The van der Waals surface area contributed by atoms with Crippen LogP contribution in [0.3, 0.4) is 0 Å². The minimum absolute atomic E-state index is 0.0537. The Bertz CT molecular complexity index is 1120. The Morgan fingerprint density at radius 2 is 1.91 bits per heavy atom. The van der Waals surface area contributed by atoms with E-state index in [1.165, 1.54) is 15.9 Å². The lowest BCUT2D eigenvalue weighted by molar-refractivity contribution is 0.0733. The maximum atomic E-state index is 13.5. The van der Waals surface area contributed by atoms with E-state index in [-0.39, 0.29) is 35.8 Å². The smallest absolute Gasteiger partial charge is 0.247 e. The molecule has 0 fully saturated rings. The van der Waals surface area contributed by atoms with Crippen LogP contribution in [0, 0.1) is 17.8 Å². The number of fused-ring (bicyclic) bond motifs is 1. The summed E-state index contributed by atoms with van der Waals surface area (Å²) in [5.41, 5.74) is 1.74. The van der Waals surface area contributed by atoms with Crippen LogP contribution in [0.15, 0.2) is 53.4 Å². The first-order chi connectivity index (χ1) is 16.1. The fourth-order valence-electron chi connectivity index (χ4n) is 3.98. The van der Waals surface area contributed by atoms with Crippen LogP contribution in [0.1, 0.15) is 31.9 Å². The van der Waals surface area contributed by atoms with Crippen molar-refractivity contribution in [2.24, 2.45) is 5.92 Å². The standard InChI is InChI=1S/C26H34N2O5S/c1-19-15-28(20(2)18-29)34(31,32)26-13-12-22(11-10-21(3)30)14-24(26)33-25(19)17-27(4)16-23-8-6-5-7-9-23/h5-9,12-14,19-21,25,29-30H,15-18H2,1-4H3/t19-,20-,21-,25-/m1/s1. The summed E-state index contributed by atoms with van der Waals surface area (Å²) in [5.74, 6) is 5.64. The Labute approximate surface area is 203 Å². The molecule has 4 atom stereocenters. The number of sulfonamides is 1. The number of aliphatic hydroxyl groups is 2. The van der Waals surface area contributed by atoms with Crippen LogP contribution in [0.4, 0.5) is 0 Å². The van der Waals surface area contributed by atoms with Gasteiger partial charge in [0.1, 0.15) is 22.9 Å². The summed E-state index contributed by atoms with van der Waals surface area (Å²) in [7, 11) is -1.89. The maximum absolute atomic E-state index is 13.5. The lowest BCUT2D eigenvalue weighted by Crippen LogP contribution is -2.49. The van der Waals surface area contributed by atoms with Crippen molar-refractivity contribution >= 4 is 10.0 Å². The van der Waals surface area contributed by atoms with Crippen molar-refractivity contribution in [2.75, 3.05) is 26.7 Å². The predicted octanol–water partition coefficient (Wildman–Crippen LogP) is 2.32. The summed E-state index contributed by atoms with van der Waals surface area (Å²) < 4.78 is 34.8. The highest BCUT2D eigenvalue weighted by molar-refractivity contribution is 7.89. The van der Waals surface area contributed by atoms with Gasteiger partial charge in [-0.25, -0.2) is 8.42 Å². The fraction of sp³-hybridized carbons (Fsp3) is 0.462. The van der Waals surface area contributed by atoms with E-state index >= 15 is 0 Å². The van der Waals surface area contributed by atoms with E-state index in [4.69, 9.17) is 4.74 Å². The molecule has 2 N–H and O–H groups in total. The number of benzene rings is 2. The Kier molecular flexibility index (Phi) is 8.74. The Morgan fingerprint density at radius 1 is 1.21 bits per heavy atom. The number of nitrogens with zero attached hydrogens (tertiary/aromatic N) is 2. The van der Waals surface area contributed by atoms with Gasteiger partial charge in [-0.2, -0.15) is 4.31 Å². The van der Waals surface area contributed by atoms with Crippen LogP contribution in [0.25, 0.3) is 0 Å². The molecule has 2 aromatic rings. The van der Waals surface area contributed by atoms with E-state index in [0.29, 0.717) is 12.1 Å². The van der Waals surface area contributed by atoms with Gasteiger partial charge in [0.05, 0.1) is 6.61 Å². The van der Waals surface area contributed by atoms with E-state index in [9.17, 15) is 18.6 Å². The summed E-state index contributed by atoms with van der Waals surface area (Å²) >= 11 is 0. The van der Waals surface area contributed by atoms with E-state index in [0.717, 1.165) is 6.54 Å². The molecule has 0 bridgehead atoms. The number of likely N-dealkylation sites (N-methyl/N-ethyl adjacent to an activating group) is 1. The molecular weight excluding hydrogens is 452 g/mol. The van der Waals surface area contributed by atoms with E-state index in [1.807, 2.05) is 32.2 Å². The molecule has 3 rings (SSSR count). The minimum Gasteiger partial charge on any atom is -0.487 e. The van der Waals surface area contributed by atoms with Gasteiger partial charge in [0.2, 0.25) is 10.0 Å². The summed E-state index contributed by atoms with van der Waals surface area (Å²) in [6.07, 6.45) is -1.09. The lowest BCUT2D eigenvalue weighted by Gasteiger charge is -2.37. The van der Waals surface area contributed by atoms with Crippen LogP contribution in [0.5, 0.6) is 5.75 Å². The molecule has 184 valence electrons. The molecule has 2 aromatic carbocycles. The quantitative estimate of drug-likeness (QED) is 0.609. The Morgan fingerprint density at radius 3 is 2.56 bits per heavy atom. The molecule has 7 nitrogen and oxygen atoms in total. The van der Waals surface area contributed by atoms with Crippen molar-refractivity contribution in [1.82, 2.24) is 9.21 Å². The molecule has 0 saturated carbocycles. The normalized spacial score (nSPS) is 21.9. The molecule has 1 heterocycles. The topological polar surface area (TPSA) is 90.3 Å². The summed E-state index contributed by atoms with van der Waals surface area (Å²) in [6.45, 7) is 6.50. The van der Waals surface area contributed by atoms with E-state index < -0.39 is 22.2 Å². The maximum Gasteiger partial charge on any atom is 0.247 e. The first kappa shape index (κ1) is 26.2.